The average Bonchev–Trinajstić information content (AvgIpc) is 2.81. The maximum atomic E-state index is 12.2. The summed E-state index contributed by atoms with van der Waals surface area (Å²) in [7, 11) is 0. The SMILES string of the molecule is O=C(O)[C]([Sn])=C(c1cccc(C2CCCCC2)c1C1CCCCC1)C1CCCCC1. The molecule has 3 aliphatic rings. The second-order valence-corrected chi connectivity index (χ2v) is 11.3. The molecule has 0 unspecified atom stereocenters. The van der Waals surface area contributed by atoms with E-state index < -0.39 is 5.97 Å². The molecule has 2 nitrogen and oxygen atoms in total. The van der Waals surface area contributed by atoms with Crippen molar-refractivity contribution in [2.45, 2.75) is 108 Å². The third-order valence-corrected chi connectivity index (χ3v) is 9.36. The van der Waals surface area contributed by atoms with Crippen molar-refractivity contribution in [2.75, 3.05) is 0 Å². The summed E-state index contributed by atoms with van der Waals surface area (Å²) in [6, 6.07) is 6.96. The first-order chi connectivity index (χ1) is 14.7. The van der Waals surface area contributed by atoms with Gasteiger partial charge in [-0.2, -0.15) is 0 Å². The van der Waals surface area contributed by atoms with Crippen molar-refractivity contribution in [1.82, 2.24) is 0 Å². The van der Waals surface area contributed by atoms with Crippen molar-refractivity contribution in [3.8, 4) is 0 Å². The van der Waals surface area contributed by atoms with Crippen molar-refractivity contribution >= 4 is 34.1 Å². The molecule has 161 valence electrons. The summed E-state index contributed by atoms with van der Waals surface area (Å²) in [5.74, 6) is 1.06. The number of allylic oxidation sites excluding steroid dienone is 1. The zero-order valence-corrected chi connectivity index (χ0v) is 21.3. The van der Waals surface area contributed by atoms with Crippen LogP contribution in [0.5, 0.6) is 0 Å². The van der Waals surface area contributed by atoms with Gasteiger partial charge in [-0.15, -0.1) is 0 Å². The van der Waals surface area contributed by atoms with Crippen LogP contribution in [0, 0.1) is 5.92 Å². The maximum absolute atomic E-state index is 12.2. The molecule has 0 saturated heterocycles. The van der Waals surface area contributed by atoms with Gasteiger partial charge in [0.05, 0.1) is 0 Å². The Morgan fingerprint density at radius 1 is 0.767 bits per heavy atom. The number of carboxylic acids is 1. The molecule has 3 aliphatic carbocycles. The summed E-state index contributed by atoms with van der Waals surface area (Å²) in [5.41, 5.74) is 5.72. The Balaban J connectivity index is 1.85. The van der Waals surface area contributed by atoms with Gasteiger partial charge < -0.3 is 0 Å². The van der Waals surface area contributed by atoms with Crippen LogP contribution in [0.1, 0.15) is 125 Å². The van der Waals surface area contributed by atoms with E-state index in [-0.39, 0.29) is 0 Å². The molecule has 0 heterocycles. The number of benzene rings is 1. The second-order valence-electron chi connectivity index (χ2n) is 9.91. The van der Waals surface area contributed by atoms with Gasteiger partial charge in [-0.1, -0.05) is 0 Å². The summed E-state index contributed by atoms with van der Waals surface area (Å²) < 4.78 is 0.687. The average molecular weight is 512 g/mol. The van der Waals surface area contributed by atoms with Crippen LogP contribution in [-0.2, 0) is 4.79 Å². The van der Waals surface area contributed by atoms with Crippen molar-refractivity contribution in [1.29, 1.82) is 0 Å². The zero-order valence-electron chi connectivity index (χ0n) is 18.4. The predicted molar refractivity (Wildman–Crippen MR) is 125 cm³/mol. The molecule has 0 spiro atoms. The first-order valence-electron chi connectivity index (χ1n) is 12.5. The molecule has 1 N–H and O–H groups in total. The van der Waals surface area contributed by atoms with E-state index in [0.29, 0.717) is 21.3 Å². The van der Waals surface area contributed by atoms with E-state index in [4.69, 9.17) is 0 Å². The van der Waals surface area contributed by atoms with Crippen LogP contribution in [0.3, 0.4) is 0 Å². The number of carbonyl (C=O) groups is 1. The summed E-state index contributed by atoms with van der Waals surface area (Å²) >= 11 is 1.06. The molecule has 4 rings (SSSR count). The van der Waals surface area contributed by atoms with Crippen molar-refractivity contribution < 1.29 is 9.90 Å². The zero-order chi connectivity index (χ0) is 20.9. The Hall–Kier alpha value is -0.771. The van der Waals surface area contributed by atoms with Gasteiger partial charge in [0.1, 0.15) is 0 Å². The molecule has 0 aliphatic heterocycles. The topological polar surface area (TPSA) is 37.3 Å². The van der Waals surface area contributed by atoms with Crippen LogP contribution in [0.4, 0.5) is 0 Å². The molecule has 0 amide bonds. The molecule has 1 aromatic rings. The fraction of sp³-hybridized carbons (Fsp3) is 0.667. The summed E-state index contributed by atoms with van der Waals surface area (Å²) in [5, 5.41) is 10.0. The first-order valence-corrected chi connectivity index (χ1v) is 13.9. The van der Waals surface area contributed by atoms with E-state index >= 15 is 0 Å². The van der Waals surface area contributed by atoms with Gasteiger partial charge in [-0.05, 0) is 0 Å². The molecule has 3 saturated carbocycles. The van der Waals surface area contributed by atoms with E-state index in [0.717, 1.165) is 35.4 Å². The number of aliphatic carboxylic acids is 1. The van der Waals surface area contributed by atoms with Crippen LogP contribution in [0.15, 0.2) is 21.8 Å². The monoisotopic (exact) mass is 513 g/mol. The van der Waals surface area contributed by atoms with Gasteiger partial charge in [-0.25, -0.2) is 0 Å². The molecule has 0 aromatic heterocycles. The summed E-state index contributed by atoms with van der Waals surface area (Å²) in [6.07, 6.45) is 19.4. The molecule has 3 heteroatoms. The Kier molecular flexibility index (Phi) is 8.00. The molecule has 0 bridgehead atoms. The van der Waals surface area contributed by atoms with E-state index in [2.05, 4.69) is 18.2 Å². The summed E-state index contributed by atoms with van der Waals surface area (Å²) in [6.45, 7) is 0. The Morgan fingerprint density at radius 3 is 1.87 bits per heavy atom. The van der Waals surface area contributed by atoms with Crippen LogP contribution >= 0.6 is 0 Å². The van der Waals surface area contributed by atoms with Gasteiger partial charge in [0.15, 0.2) is 0 Å². The first kappa shape index (κ1) is 22.4. The molecule has 3 radical (unpaired) electrons. The second kappa shape index (κ2) is 10.7. The minimum atomic E-state index is -0.688. The molecular formula is C27H37O2Sn. The van der Waals surface area contributed by atoms with E-state index in [1.165, 1.54) is 94.6 Å². The van der Waals surface area contributed by atoms with Gasteiger partial charge in [-0.3, -0.25) is 0 Å². The van der Waals surface area contributed by atoms with Crippen molar-refractivity contribution in [2.24, 2.45) is 5.92 Å². The Bertz CT molecular complexity index is 763. The quantitative estimate of drug-likeness (QED) is 0.332. The van der Waals surface area contributed by atoms with E-state index in [9.17, 15) is 9.90 Å². The van der Waals surface area contributed by atoms with E-state index in [1.54, 1.807) is 11.1 Å². The Morgan fingerprint density at radius 2 is 1.30 bits per heavy atom. The molecule has 0 atom stereocenters. The number of hydrogen-bond donors (Lipinski definition) is 1. The third-order valence-electron chi connectivity index (χ3n) is 7.99. The number of carboxylic acid groups (broad SMARTS) is 1. The van der Waals surface area contributed by atoms with Crippen molar-refractivity contribution in [3.63, 3.8) is 0 Å². The van der Waals surface area contributed by atoms with Crippen LogP contribution in [-0.4, -0.2) is 33.6 Å². The molecule has 3 fully saturated rings. The van der Waals surface area contributed by atoms with Crippen LogP contribution < -0.4 is 0 Å². The molecule has 1 aromatic carbocycles. The molecule has 30 heavy (non-hydrogen) atoms. The van der Waals surface area contributed by atoms with Gasteiger partial charge in [0, 0.05) is 0 Å². The normalized spacial score (nSPS) is 23.2. The molecular weight excluding hydrogens is 475 g/mol. The minimum absolute atomic E-state index is 0.438. The number of rotatable bonds is 5. The van der Waals surface area contributed by atoms with E-state index in [1.807, 2.05) is 0 Å². The number of hydrogen-bond acceptors (Lipinski definition) is 1. The third kappa shape index (κ3) is 5.00. The fourth-order valence-corrected chi connectivity index (χ4v) is 7.47. The van der Waals surface area contributed by atoms with Crippen LogP contribution in [0.25, 0.3) is 5.57 Å². The van der Waals surface area contributed by atoms with Gasteiger partial charge in [0.2, 0.25) is 0 Å². The van der Waals surface area contributed by atoms with Gasteiger partial charge >= 0.3 is 197 Å². The van der Waals surface area contributed by atoms with Crippen molar-refractivity contribution in [3.05, 3.63) is 38.5 Å². The van der Waals surface area contributed by atoms with Gasteiger partial charge in [0.25, 0.3) is 0 Å². The summed E-state index contributed by atoms with van der Waals surface area (Å²) in [4.78, 5) is 12.2. The fourth-order valence-electron chi connectivity index (χ4n) is 6.50. The van der Waals surface area contributed by atoms with Crippen LogP contribution in [0.2, 0.25) is 0 Å². The standard InChI is InChI=1S/C27H37O2.Sn/c28-26(29)19-25(21-13-6-2-7-14-21)24-18-10-17-23(20-11-4-1-5-12-20)27(24)22-15-8-3-9-16-22;/h10,17-18,20-22H,1-9,11-16H2,(H,28,29);. The predicted octanol–water partition coefficient (Wildman–Crippen LogP) is 7.33. The Labute approximate surface area is 196 Å².